The first kappa shape index (κ1) is 19.5. The summed E-state index contributed by atoms with van der Waals surface area (Å²) in [5, 5.41) is 3.56. The smallest absolute Gasteiger partial charge is 0.193 e. The quantitative estimate of drug-likeness (QED) is 0.441. The fraction of sp³-hybridized carbons (Fsp3) is 0.632. The van der Waals surface area contributed by atoms with Crippen molar-refractivity contribution in [3.05, 3.63) is 35.4 Å². The molecule has 3 rings (SSSR count). The first-order valence-corrected chi connectivity index (χ1v) is 8.78. The van der Waals surface area contributed by atoms with Crippen LogP contribution in [0.1, 0.15) is 36.8 Å². The fourth-order valence-electron chi connectivity index (χ4n) is 3.92. The van der Waals surface area contributed by atoms with Crippen molar-refractivity contribution in [3.63, 3.8) is 0 Å². The van der Waals surface area contributed by atoms with Crippen LogP contribution >= 0.6 is 24.0 Å². The Labute approximate surface area is 163 Å². The third kappa shape index (κ3) is 4.63. The second-order valence-electron chi connectivity index (χ2n) is 7.48. The zero-order valence-corrected chi connectivity index (χ0v) is 17.5. The van der Waals surface area contributed by atoms with E-state index < -0.39 is 0 Å². The second kappa shape index (κ2) is 8.52. The van der Waals surface area contributed by atoms with Crippen LogP contribution in [-0.4, -0.2) is 50.0 Å². The molecule has 0 unspecified atom stereocenters. The van der Waals surface area contributed by atoms with E-state index in [9.17, 15) is 0 Å². The summed E-state index contributed by atoms with van der Waals surface area (Å²) in [4.78, 5) is 9.15. The van der Waals surface area contributed by atoms with Gasteiger partial charge in [-0.05, 0) is 49.9 Å². The summed E-state index contributed by atoms with van der Waals surface area (Å²) in [6.07, 6.45) is 5.57. The standard InChI is InChI=1S/C19H30N4.HI/c1-20-18(23-11-10-19(15-23)8-5-9-19)21-13-16-6-4-7-17(12-16)14-22(2)3;/h4,6-7,12H,5,8-11,13-15H2,1-3H3,(H,20,21);1H. The Morgan fingerprint density at radius 3 is 2.58 bits per heavy atom. The van der Waals surface area contributed by atoms with Gasteiger partial charge in [0.15, 0.2) is 5.96 Å². The number of nitrogens with one attached hydrogen (secondary N) is 1. The van der Waals surface area contributed by atoms with Crippen molar-refractivity contribution in [2.75, 3.05) is 34.2 Å². The largest absolute Gasteiger partial charge is 0.352 e. The SMILES string of the molecule is CN=C(NCc1cccc(CN(C)C)c1)N1CCC2(CCC2)C1.I. The minimum Gasteiger partial charge on any atom is -0.352 e. The van der Waals surface area contributed by atoms with Gasteiger partial charge in [0.1, 0.15) is 0 Å². The van der Waals surface area contributed by atoms with E-state index >= 15 is 0 Å². The highest BCUT2D eigenvalue weighted by atomic mass is 127. The predicted molar refractivity (Wildman–Crippen MR) is 112 cm³/mol. The topological polar surface area (TPSA) is 30.9 Å². The Morgan fingerprint density at radius 1 is 1.25 bits per heavy atom. The molecule has 1 saturated heterocycles. The Morgan fingerprint density at radius 2 is 2.00 bits per heavy atom. The summed E-state index contributed by atoms with van der Waals surface area (Å²) in [6, 6.07) is 8.82. The lowest BCUT2D eigenvalue weighted by atomic mass is 9.68. The van der Waals surface area contributed by atoms with Crippen LogP contribution in [0.5, 0.6) is 0 Å². The van der Waals surface area contributed by atoms with Crippen molar-refractivity contribution in [2.24, 2.45) is 10.4 Å². The molecule has 0 aromatic heterocycles. The molecule has 1 saturated carbocycles. The maximum absolute atomic E-state index is 4.50. The van der Waals surface area contributed by atoms with Gasteiger partial charge in [-0.1, -0.05) is 30.7 Å². The molecule has 4 nitrogen and oxygen atoms in total. The van der Waals surface area contributed by atoms with Crippen LogP contribution in [0.15, 0.2) is 29.3 Å². The number of halogens is 1. The van der Waals surface area contributed by atoms with Crippen LogP contribution in [0, 0.1) is 5.41 Å². The lowest BCUT2D eigenvalue weighted by Crippen LogP contribution is -2.42. The monoisotopic (exact) mass is 442 g/mol. The van der Waals surface area contributed by atoms with Gasteiger partial charge in [0, 0.05) is 33.2 Å². The van der Waals surface area contributed by atoms with Gasteiger partial charge in [0.2, 0.25) is 0 Å². The molecule has 0 atom stereocenters. The predicted octanol–water partition coefficient (Wildman–Crippen LogP) is 3.32. The van der Waals surface area contributed by atoms with Crippen LogP contribution in [0.2, 0.25) is 0 Å². The van der Waals surface area contributed by atoms with Crippen molar-refractivity contribution in [1.29, 1.82) is 0 Å². The van der Waals surface area contributed by atoms with Crippen LogP contribution in [-0.2, 0) is 13.1 Å². The molecule has 24 heavy (non-hydrogen) atoms. The first-order valence-electron chi connectivity index (χ1n) is 8.78. The zero-order chi connectivity index (χ0) is 16.3. The Kier molecular flexibility index (Phi) is 6.92. The van der Waals surface area contributed by atoms with Crippen LogP contribution < -0.4 is 5.32 Å². The van der Waals surface area contributed by atoms with E-state index in [1.807, 2.05) is 7.05 Å². The summed E-state index contributed by atoms with van der Waals surface area (Å²) in [5.41, 5.74) is 3.30. The summed E-state index contributed by atoms with van der Waals surface area (Å²) in [5.74, 6) is 1.06. The van der Waals surface area contributed by atoms with E-state index in [1.54, 1.807) is 0 Å². The van der Waals surface area contributed by atoms with E-state index in [1.165, 1.54) is 43.4 Å². The molecule has 0 amide bonds. The third-order valence-corrected chi connectivity index (χ3v) is 5.30. The normalized spacial score (nSPS) is 19.3. The molecule has 0 bridgehead atoms. The van der Waals surface area contributed by atoms with Gasteiger partial charge in [-0.25, -0.2) is 0 Å². The number of benzene rings is 1. The summed E-state index contributed by atoms with van der Waals surface area (Å²) >= 11 is 0. The summed E-state index contributed by atoms with van der Waals surface area (Å²) in [6.45, 7) is 4.17. The number of nitrogens with zero attached hydrogens (tertiary/aromatic N) is 3. The van der Waals surface area contributed by atoms with E-state index in [4.69, 9.17) is 0 Å². The molecular formula is C19H31IN4. The number of rotatable bonds is 4. The molecule has 1 spiro atoms. The maximum atomic E-state index is 4.50. The summed E-state index contributed by atoms with van der Waals surface area (Å²) < 4.78 is 0. The Bertz CT molecular complexity index is 566. The average molecular weight is 442 g/mol. The first-order chi connectivity index (χ1) is 11.1. The number of likely N-dealkylation sites (tertiary alicyclic amines) is 1. The van der Waals surface area contributed by atoms with E-state index in [-0.39, 0.29) is 24.0 Å². The number of hydrogen-bond donors (Lipinski definition) is 1. The van der Waals surface area contributed by atoms with Crippen molar-refractivity contribution in [3.8, 4) is 0 Å². The third-order valence-electron chi connectivity index (χ3n) is 5.30. The molecule has 5 heteroatoms. The van der Waals surface area contributed by atoms with Gasteiger partial charge < -0.3 is 15.1 Å². The molecule has 134 valence electrons. The van der Waals surface area contributed by atoms with Gasteiger partial charge >= 0.3 is 0 Å². The van der Waals surface area contributed by atoms with Crippen LogP contribution in [0.4, 0.5) is 0 Å². The Balaban J connectivity index is 0.00000208. The molecule has 0 radical (unpaired) electrons. The minimum atomic E-state index is 0. The molecule has 1 aromatic carbocycles. The number of guanidine groups is 1. The van der Waals surface area contributed by atoms with Gasteiger partial charge in [-0.15, -0.1) is 24.0 Å². The lowest BCUT2D eigenvalue weighted by molar-refractivity contribution is 0.151. The number of hydrogen-bond acceptors (Lipinski definition) is 2. The molecular weight excluding hydrogens is 411 g/mol. The molecule has 2 aliphatic rings. The van der Waals surface area contributed by atoms with Crippen molar-refractivity contribution < 1.29 is 0 Å². The zero-order valence-electron chi connectivity index (χ0n) is 15.2. The summed E-state index contributed by atoms with van der Waals surface area (Å²) in [7, 11) is 6.11. The molecule has 2 fully saturated rings. The van der Waals surface area contributed by atoms with Crippen molar-refractivity contribution in [2.45, 2.75) is 38.8 Å². The van der Waals surface area contributed by atoms with Crippen LogP contribution in [0.3, 0.4) is 0 Å². The molecule has 1 heterocycles. The minimum absolute atomic E-state index is 0. The number of aliphatic imine (C=N–C) groups is 1. The average Bonchev–Trinajstić information content (AvgIpc) is 2.93. The van der Waals surface area contributed by atoms with Crippen molar-refractivity contribution in [1.82, 2.24) is 15.1 Å². The van der Waals surface area contributed by atoms with Gasteiger partial charge in [-0.3, -0.25) is 4.99 Å². The highest BCUT2D eigenvalue weighted by molar-refractivity contribution is 14.0. The lowest BCUT2D eigenvalue weighted by Gasteiger charge is -2.38. The van der Waals surface area contributed by atoms with Crippen molar-refractivity contribution >= 4 is 29.9 Å². The van der Waals surface area contributed by atoms with E-state index in [0.29, 0.717) is 5.41 Å². The fourth-order valence-corrected chi connectivity index (χ4v) is 3.92. The molecule has 1 aliphatic heterocycles. The molecule has 1 aromatic rings. The van der Waals surface area contributed by atoms with Gasteiger partial charge in [0.25, 0.3) is 0 Å². The Hall–Kier alpha value is -0.820. The highest BCUT2D eigenvalue weighted by Crippen LogP contribution is 2.47. The highest BCUT2D eigenvalue weighted by Gasteiger charge is 2.43. The van der Waals surface area contributed by atoms with Gasteiger partial charge in [-0.2, -0.15) is 0 Å². The molecule has 1 aliphatic carbocycles. The van der Waals surface area contributed by atoms with E-state index in [2.05, 4.69) is 58.5 Å². The maximum Gasteiger partial charge on any atom is 0.193 e. The second-order valence-corrected chi connectivity index (χ2v) is 7.48. The van der Waals surface area contributed by atoms with Crippen LogP contribution in [0.25, 0.3) is 0 Å². The molecule has 1 N–H and O–H groups in total. The van der Waals surface area contributed by atoms with Gasteiger partial charge in [0.05, 0.1) is 0 Å². The van der Waals surface area contributed by atoms with E-state index in [0.717, 1.165) is 25.6 Å².